The first kappa shape index (κ1) is 22.5. The number of rotatable bonds is 7. The molecule has 1 aromatic carbocycles. The van der Waals surface area contributed by atoms with Crippen LogP contribution in [0, 0.1) is 10.8 Å². The van der Waals surface area contributed by atoms with Gasteiger partial charge in [0.15, 0.2) is 0 Å². The zero-order valence-corrected chi connectivity index (χ0v) is 19.6. The smallest absolute Gasteiger partial charge is 0.255 e. The molecule has 7 nitrogen and oxygen atoms in total. The van der Waals surface area contributed by atoms with E-state index in [1.54, 1.807) is 4.90 Å². The van der Waals surface area contributed by atoms with E-state index in [9.17, 15) is 4.79 Å². The van der Waals surface area contributed by atoms with Gasteiger partial charge in [-0.1, -0.05) is 29.8 Å². The molecule has 2 fully saturated rings. The third-order valence-electron chi connectivity index (χ3n) is 6.60. The van der Waals surface area contributed by atoms with E-state index in [2.05, 4.69) is 27.6 Å². The molecule has 8 heteroatoms. The summed E-state index contributed by atoms with van der Waals surface area (Å²) in [6.07, 6.45) is 8.18. The lowest BCUT2D eigenvalue weighted by molar-refractivity contribution is -0.128. The number of aromatic nitrogens is 2. The first-order chi connectivity index (χ1) is 16.6. The average molecular weight is 475 g/mol. The van der Waals surface area contributed by atoms with Crippen LogP contribution in [0.25, 0.3) is 16.9 Å². The fraction of sp³-hybridized carbons (Fsp3) is 0.308. The maximum absolute atomic E-state index is 12.7. The lowest BCUT2D eigenvalue weighted by atomic mass is 10.1. The van der Waals surface area contributed by atoms with Crippen LogP contribution >= 0.6 is 11.6 Å². The highest BCUT2D eigenvalue weighted by atomic mass is 35.5. The molecule has 0 bridgehead atoms. The van der Waals surface area contributed by atoms with Crippen molar-refractivity contribution in [3.05, 3.63) is 70.5 Å². The summed E-state index contributed by atoms with van der Waals surface area (Å²) in [5, 5.41) is 15.4. The highest BCUT2D eigenvalue weighted by Crippen LogP contribution is 2.40. The molecular weight excluding hydrogens is 448 g/mol. The highest BCUT2D eigenvalue weighted by molar-refractivity contribution is 6.30. The Morgan fingerprint density at radius 2 is 1.79 bits per heavy atom. The zero-order chi connectivity index (χ0) is 23.7. The van der Waals surface area contributed by atoms with Gasteiger partial charge in [0.05, 0.1) is 17.0 Å². The highest BCUT2D eigenvalue weighted by Gasteiger charge is 2.27. The molecule has 1 saturated heterocycles. The van der Waals surface area contributed by atoms with Crippen molar-refractivity contribution in [2.75, 3.05) is 26.2 Å². The predicted octanol–water partition coefficient (Wildman–Crippen LogP) is 4.40. The van der Waals surface area contributed by atoms with Gasteiger partial charge in [0, 0.05) is 61.9 Å². The number of hydrogen-bond acceptors (Lipinski definition) is 5. The minimum atomic E-state index is -0.191. The maximum Gasteiger partial charge on any atom is 0.255 e. The van der Waals surface area contributed by atoms with Crippen molar-refractivity contribution in [2.24, 2.45) is 0 Å². The van der Waals surface area contributed by atoms with Gasteiger partial charge in [-0.25, -0.2) is 4.98 Å². The molecule has 1 aliphatic heterocycles. The predicted molar refractivity (Wildman–Crippen MR) is 135 cm³/mol. The molecule has 5 rings (SSSR count). The standard InChI is InChI=1S/C26H27ClN6O/c27-22-6-3-19(4-7-22)25-23(33-16-21(18-1-2-18)5-8-24(33)30-25)17-31-11-13-32(14-12-31)26(34)20(15-29)9-10-28/h3-10,15-16,18,28-29H,1-2,11-14,17H2/b20-9+,28-10?,29-15?. The molecular formula is C26H27ClN6O. The van der Waals surface area contributed by atoms with E-state index < -0.39 is 0 Å². The third-order valence-corrected chi connectivity index (χ3v) is 6.86. The lowest BCUT2D eigenvalue weighted by Crippen LogP contribution is -2.48. The maximum atomic E-state index is 12.7. The summed E-state index contributed by atoms with van der Waals surface area (Å²) in [5.74, 6) is 0.467. The third kappa shape index (κ3) is 4.54. The van der Waals surface area contributed by atoms with Crippen molar-refractivity contribution in [3.63, 3.8) is 0 Å². The first-order valence-electron chi connectivity index (χ1n) is 11.6. The van der Waals surface area contributed by atoms with E-state index in [1.165, 1.54) is 24.5 Å². The van der Waals surface area contributed by atoms with Crippen LogP contribution in [0.1, 0.15) is 30.0 Å². The molecule has 34 heavy (non-hydrogen) atoms. The van der Waals surface area contributed by atoms with Gasteiger partial charge >= 0.3 is 0 Å². The van der Waals surface area contributed by atoms with Gasteiger partial charge in [-0.2, -0.15) is 0 Å². The summed E-state index contributed by atoms with van der Waals surface area (Å²) in [6, 6.07) is 12.1. The molecule has 0 spiro atoms. The number of hydrogen-bond donors (Lipinski definition) is 2. The largest absolute Gasteiger partial charge is 0.336 e. The molecule has 0 unspecified atom stereocenters. The number of halogens is 1. The monoisotopic (exact) mass is 474 g/mol. The van der Waals surface area contributed by atoms with Gasteiger partial charge in [-0.15, -0.1) is 0 Å². The van der Waals surface area contributed by atoms with Crippen molar-refractivity contribution in [3.8, 4) is 11.3 Å². The molecule has 1 saturated carbocycles. The van der Waals surface area contributed by atoms with E-state index >= 15 is 0 Å². The molecule has 2 aromatic heterocycles. The van der Waals surface area contributed by atoms with Crippen molar-refractivity contribution in [2.45, 2.75) is 25.3 Å². The number of carbonyl (C=O) groups excluding carboxylic acids is 1. The van der Waals surface area contributed by atoms with E-state index in [1.807, 2.05) is 24.3 Å². The second kappa shape index (κ2) is 9.52. The number of pyridine rings is 1. The number of nitrogens with zero attached hydrogens (tertiary/aromatic N) is 4. The second-order valence-electron chi connectivity index (χ2n) is 8.88. The van der Waals surface area contributed by atoms with Crippen LogP contribution < -0.4 is 0 Å². The molecule has 2 aliphatic rings. The molecule has 3 heterocycles. The Hall–Kier alpha value is -3.29. The van der Waals surface area contributed by atoms with Crippen molar-refractivity contribution >= 4 is 35.6 Å². The van der Waals surface area contributed by atoms with Crippen molar-refractivity contribution < 1.29 is 4.79 Å². The van der Waals surface area contributed by atoms with E-state index in [0.29, 0.717) is 24.0 Å². The Labute approximate surface area is 203 Å². The molecule has 174 valence electrons. The minimum absolute atomic E-state index is 0.191. The summed E-state index contributed by atoms with van der Waals surface area (Å²) < 4.78 is 2.23. The van der Waals surface area contributed by atoms with Gasteiger partial charge in [-0.05, 0) is 48.6 Å². The fourth-order valence-corrected chi connectivity index (χ4v) is 4.66. The summed E-state index contributed by atoms with van der Waals surface area (Å²) >= 11 is 6.13. The second-order valence-corrected chi connectivity index (χ2v) is 9.32. The molecule has 1 aliphatic carbocycles. The number of allylic oxidation sites excluding steroid dienone is 1. The summed E-state index contributed by atoms with van der Waals surface area (Å²) in [5.41, 5.74) is 5.68. The Morgan fingerprint density at radius 3 is 2.44 bits per heavy atom. The van der Waals surface area contributed by atoms with Gasteiger partial charge in [-0.3, -0.25) is 9.69 Å². The summed E-state index contributed by atoms with van der Waals surface area (Å²) in [4.78, 5) is 21.7. The van der Waals surface area contributed by atoms with E-state index in [4.69, 9.17) is 27.4 Å². The SMILES string of the molecule is N=C/C=C(\C=N)C(=O)N1CCN(Cc2c(-c3ccc(Cl)cc3)nc3ccc(C4CC4)cn23)CC1. The minimum Gasteiger partial charge on any atom is -0.336 e. The van der Waals surface area contributed by atoms with Crippen LogP contribution in [0.15, 0.2) is 54.2 Å². The number of amides is 1. The van der Waals surface area contributed by atoms with Gasteiger partial charge in [0.25, 0.3) is 5.91 Å². The Kier molecular flexibility index (Phi) is 6.30. The van der Waals surface area contributed by atoms with Crippen molar-refractivity contribution in [1.82, 2.24) is 19.2 Å². The quantitative estimate of drug-likeness (QED) is 0.393. The van der Waals surface area contributed by atoms with Crippen LogP contribution in [0.3, 0.4) is 0 Å². The van der Waals surface area contributed by atoms with Crippen LogP contribution in [0.5, 0.6) is 0 Å². The Balaban J connectivity index is 1.41. The number of benzene rings is 1. The summed E-state index contributed by atoms with van der Waals surface area (Å²) in [6.45, 7) is 3.36. The van der Waals surface area contributed by atoms with Crippen LogP contribution in [0.2, 0.25) is 5.02 Å². The number of fused-ring (bicyclic) bond motifs is 1. The molecule has 1 amide bonds. The van der Waals surface area contributed by atoms with Crippen LogP contribution in [-0.2, 0) is 11.3 Å². The molecule has 2 N–H and O–H groups in total. The fourth-order valence-electron chi connectivity index (χ4n) is 4.53. The summed E-state index contributed by atoms with van der Waals surface area (Å²) in [7, 11) is 0. The molecule has 0 atom stereocenters. The van der Waals surface area contributed by atoms with E-state index in [-0.39, 0.29) is 11.5 Å². The van der Waals surface area contributed by atoms with Gasteiger partial charge in [0.1, 0.15) is 5.65 Å². The van der Waals surface area contributed by atoms with Crippen molar-refractivity contribution in [1.29, 1.82) is 10.8 Å². The number of nitrogens with one attached hydrogen (secondary N) is 2. The molecule has 0 radical (unpaired) electrons. The Morgan fingerprint density at radius 1 is 1.06 bits per heavy atom. The van der Waals surface area contributed by atoms with Gasteiger partial charge in [0.2, 0.25) is 0 Å². The lowest BCUT2D eigenvalue weighted by Gasteiger charge is -2.34. The number of carbonyl (C=O) groups is 1. The average Bonchev–Trinajstić information content (AvgIpc) is 3.66. The van der Waals surface area contributed by atoms with Gasteiger partial charge < -0.3 is 20.1 Å². The first-order valence-corrected chi connectivity index (χ1v) is 11.9. The zero-order valence-electron chi connectivity index (χ0n) is 18.9. The number of piperazine rings is 1. The number of imidazole rings is 1. The Bertz CT molecular complexity index is 1270. The van der Waals surface area contributed by atoms with Crippen LogP contribution in [-0.4, -0.2) is 63.7 Å². The van der Waals surface area contributed by atoms with Crippen LogP contribution in [0.4, 0.5) is 0 Å². The topological polar surface area (TPSA) is 88.5 Å². The normalized spacial score (nSPS) is 17.2. The van der Waals surface area contributed by atoms with E-state index in [0.717, 1.165) is 54.7 Å². The molecule has 3 aromatic rings.